The molecule has 0 saturated carbocycles. The third-order valence-electron chi connectivity index (χ3n) is 6.72. The molecule has 1 atom stereocenters. The summed E-state index contributed by atoms with van der Waals surface area (Å²) < 4.78 is 0. The minimum Gasteiger partial charge on any atom is -0.374 e. The zero-order valence-electron chi connectivity index (χ0n) is 27.1. The molecule has 1 aliphatic rings. The number of allylic oxidation sites excluding steroid dienone is 4. The number of carbonyl (C=O) groups is 1. The molecule has 1 fully saturated rings. The first-order valence-corrected chi connectivity index (χ1v) is 15.2. The molecule has 6 nitrogen and oxygen atoms in total. The van der Waals surface area contributed by atoms with E-state index in [9.17, 15) is 4.79 Å². The van der Waals surface area contributed by atoms with Crippen LogP contribution in [0.15, 0.2) is 59.0 Å². The second kappa shape index (κ2) is 20.5. The number of aliphatic imine (C=N–C) groups is 1. The van der Waals surface area contributed by atoms with Crippen molar-refractivity contribution in [1.82, 2.24) is 20.4 Å². The van der Waals surface area contributed by atoms with Gasteiger partial charge in [-0.15, -0.1) is 0 Å². The average molecular weight is 562 g/mol. The van der Waals surface area contributed by atoms with Crippen molar-refractivity contribution in [2.24, 2.45) is 10.9 Å². The molecule has 0 aliphatic carbocycles. The SMILES string of the molecule is CC(C)CNC=O.CC/C=C(/N=C/C=C(\C)N1CCC(c2cn[nH]c2)C1)c1ccc(C=C(C)C)c(C)c1.CCCC. The van der Waals surface area contributed by atoms with Crippen LogP contribution in [0.25, 0.3) is 11.8 Å². The molecule has 1 unspecified atom stereocenters. The number of aromatic nitrogens is 2. The standard InChI is InChI=1S/C26H34N4.C5H11NO.C4H10/c1-6-7-26(23-9-8-22(14-19(2)3)20(4)15-23)27-12-10-21(5)30-13-11-24(18-30)25-16-28-29-17-25;1-5(2)3-6-4-7;1-3-4-2/h7-10,12,14-17,24H,6,11,13,18H2,1-5H3,(H,28,29);4-5H,3H2,1-2H3,(H,6,7);3-4H2,1-2H3/b21-10+,26-7+,27-12+;;. The molecule has 41 heavy (non-hydrogen) atoms. The van der Waals surface area contributed by atoms with Gasteiger partial charge < -0.3 is 10.2 Å². The number of amides is 1. The average Bonchev–Trinajstić information content (AvgIpc) is 3.65. The first kappa shape index (κ1) is 35.6. The van der Waals surface area contributed by atoms with Crippen LogP contribution in [-0.4, -0.2) is 47.4 Å². The molecule has 0 bridgehead atoms. The summed E-state index contributed by atoms with van der Waals surface area (Å²) in [4.78, 5) is 16.8. The van der Waals surface area contributed by atoms with Gasteiger partial charge >= 0.3 is 0 Å². The van der Waals surface area contributed by atoms with Crippen molar-refractivity contribution in [1.29, 1.82) is 0 Å². The molecule has 3 rings (SSSR count). The Hall–Kier alpha value is -3.41. The predicted molar refractivity (Wildman–Crippen MR) is 178 cm³/mol. The molecule has 1 saturated heterocycles. The van der Waals surface area contributed by atoms with Crippen LogP contribution in [0, 0.1) is 12.8 Å². The number of hydrogen-bond acceptors (Lipinski definition) is 4. The number of hydrogen-bond donors (Lipinski definition) is 2. The summed E-state index contributed by atoms with van der Waals surface area (Å²) in [6, 6.07) is 6.60. The van der Waals surface area contributed by atoms with Gasteiger partial charge in [0.25, 0.3) is 0 Å². The summed E-state index contributed by atoms with van der Waals surface area (Å²) in [7, 11) is 0. The smallest absolute Gasteiger partial charge is 0.207 e. The molecule has 1 aromatic carbocycles. The first-order valence-electron chi connectivity index (χ1n) is 15.2. The van der Waals surface area contributed by atoms with Crippen LogP contribution >= 0.6 is 0 Å². The Morgan fingerprint density at radius 2 is 1.93 bits per heavy atom. The lowest BCUT2D eigenvalue weighted by Gasteiger charge is -2.18. The van der Waals surface area contributed by atoms with E-state index in [0.29, 0.717) is 11.8 Å². The summed E-state index contributed by atoms with van der Waals surface area (Å²) >= 11 is 0. The summed E-state index contributed by atoms with van der Waals surface area (Å²) in [5, 5.41) is 9.58. The van der Waals surface area contributed by atoms with Crippen LogP contribution in [0.1, 0.15) is 109 Å². The fourth-order valence-electron chi connectivity index (χ4n) is 4.20. The number of H-pyrrole nitrogens is 1. The molecular formula is C35H55N5O. The number of likely N-dealkylation sites (tertiary alicyclic amines) is 1. The highest BCUT2D eigenvalue weighted by atomic mass is 16.1. The van der Waals surface area contributed by atoms with Crippen molar-refractivity contribution in [3.8, 4) is 0 Å². The summed E-state index contributed by atoms with van der Waals surface area (Å²) in [5.41, 5.74) is 8.63. The molecule has 226 valence electrons. The molecule has 1 aromatic heterocycles. The number of aromatic amines is 1. The van der Waals surface area contributed by atoms with Crippen LogP contribution in [0.5, 0.6) is 0 Å². The Balaban J connectivity index is 0.000000649. The molecule has 2 N–H and O–H groups in total. The zero-order valence-corrected chi connectivity index (χ0v) is 27.1. The maximum Gasteiger partial charge on any atom is 0.207 e. The third-order valence-corrected chi connectivity index (χ3v) is 6.72. The summed E-state index contributed by atoms with van der Waals surface area (Å²) in [6.07, 6.45) is 17.9. The second-order valence-electron chi connectivity index (χ2n) is 11.3. The van der Waals surface area contributed by atoms with Crippen LogP contribution in [0.3, 0.4) is 0 Å². The van der Waals surface area contributed by atoms with Crippen LogP contribution in [0.2, 0.25) is 0 Å². The Labute approximate surface area is 250 Å². The minimum atomic E-state index is 0.557. The van der Waals surface area contributed by atoms with Gasteiger partial charge in [0.1, 0.15) is 0 Å². The van der Waals surface area contributed by atoms with Crippen molar-refractivity contribution in [3.05, 3.63) is 76.3 Å². The van der Waals surface area contributed by atoms with Gasteiger partial charge in [-0.2, -0.15) is 5.10 Å². The highest BCUT2D eigenvalue weighted by Gasteiger charge is 2.24. The van der Waals surface area contributed by atoms with Gasteiger partial charge in [-0.1, -0.05) is 77.3 Å². The highest BCUT2D eigenvalue weighted by Crippen LogP contribution is 2.28. The predicted octanol–water partition coefficient (Wildman–Crippen LogP) is 8.55. The molecule has 6 heteroatoms. The monoisotopic (exact) mass is 561 g/mol. The van der Waals surface area contributed by atoms with E-state index in [1.165, 1.54) is 52.8 Å². The van der Waals surface area contributed by atoms with E-state index in [1.807, 2.05) is 18.6 Å². The number of carbonyl (C=O) groups excluding carboxylic acids is 1. The van der Waals surface area contributed by atoms with Crippen molar-refractivity contribution >= 4 is 24.4 Å². The highest BCUT2D eigenvalue weighted by molar-refractivity contribution is 5.81. The number of unbranched alkanes of at least 4 members (excludes halogenated alkanes) is 1. The number of aryl methyl sites for hydroxylation is 1. The largest absolute Gasteiger partial charge is 0.374 e. The number of nitrogens with one attached hydrogen (secondary N) is 2. The fourth-order valence-corrected chi connectivity index (χ4v) is 4.20. The van der Waals surface area contributed by atoms with Gasteiger partial charge in [0.05, 0.1) is 11.9 Å². The molecule has 2 heterocycles. The van der Waals surface area contributed by atoms with Gasteiger partial charge in [0, 0.05) is 49.2 Å². The fraction of sp³-hybridized carbons (Fsp3) is 0.514. The Bertz CT molecular complexity index is 1120. The van der Waals surface area contributed by atoms with Gasteiger partial charge in [-0.3, -0.25) is 14.9 Å². The Morgan fingerprint density at radius 1 is 1.20 bits per heavy atom. The van der Waals surface area contributed by atoms with Crippen molar-refractivity contribution in [2.45, 2.75) is 93.9 Å². The number of benzene rings is 1. The molecule has 2 aromatic rings. The lowest BCUT2D eigenvalue weighted by molar-refractivity contribution is -0.109. The third kappa shape index (κ3) is 14.2. The van der Waals surface area contributed by atoms with Gasteiger partial charge in [0.2, 0.25) is 6.41 Å². The van der Waals surface area contributed by atoms with Crippen LogP contribution in [-0.2, 0) is 4.79 Å². The lowest BCUT2D eigenvalue weighted by atomic mass is 10.0. The number of nitrogens with zero attached hydrogens (tertiary/aromatic N) is 3. The minimum absolute atomic E-state index is 0.557. The topological polar surface area (TPSA) is 73.4 Å². The maximum absolute atomic E-state index is 9.60. The molecule has 0 radical (unpaired) electrons. The Morgan fingerprint density at radius 3 is 2.44 bits per heavy atom. The summed E-state index contributed by atoms with van der Waals surface area (Å²) in [5.74, 6) is 1.12. The van der Waals surface area contributed by atoms with E-state index >= 15 is 0 Å². The van der Waals surface area contributed by atoms with Gasteiger partial charge in [-0.05, 0) is 75.3 Å². The van der Waals surface area contributed by atoms with Gasteiger partial charge in [-0.25, -0.2) is 0 Å². The van der Waals surface area contributed by atoms with E-state index < -0.39 is 0 Å². The van der Waals surface area contributed by atoms with E-state index in [4.69, 9.17) is 4.99 Å². The van der Waals surface area contributed by atoms with Crippen molar-refractivity contribution in [3.63, 3.8) is 0 Å². The quantitative estimate of drug-likeness (QED) is 0.213. The van der Waals surface area contributed by atoms with Crippen LogP contribution < -0.4 is 5.32 Å². The van der Waals surface area contributed by atoms with Crippen molar-refractivity contribution < 1.29 is 4.79 Å². The van der Waals surface area contributed by atoms with Gasteiger partial charge in [0.15, 0.2) is 0 Å². The zero-order chi connectivity index (χ0) is 30.6. The van der Waals surface area contributed by atoms with E-state index in [-0.39, 0.29) is 0 Å². The van der Waals surface area contributed by atoms with E-state index in [1.54, 1.807) is 0 Å². The lowest BCUT2D eigenvalue weighted by Crippen LogP contribution is -2.18. The summed E-state index contributed by atoms with van der Waals surface area (Å²) in [6.45, 7) is 22.1. The van der Waals surface area contributed by atoms with E-state index in [0.717, 1.165) is 38.2 Å². The molecular weight excluding hydrogens is 506 g/mol. The van der Waals surface area contributed by atoms with Crippen molar-refractivity contribution in [2.75, 3.05) is 19.6 Å². The Kier molecular flexibility index (Phi) is 17.8. The van der Waals surface area contributed by atoms with E-state index in [2.05, 4.69) is 119 Å². The normalized spacial score (nSPS) is 15.3. The number of rotatable bonds is 11. The molecule has 1 aliphatic heterocycles. The second-order valence-corrected chi connectivity index (χ2v) is 11.3. The molecule has 0 spiro atoms. The first-order chi connectivity index (χ1) is 19.7. The molecule has 1 amide bonds. The maximum atomic E-state index is 9.60. The van der Waals surface area contributed by atoms with Crippen LogP contribution in [0.4, 0.5) is 0 Å².